The van der Waals surface area contributed by atoms with E-state index in [2.05, 4.69) is 155 Å². The van der Waals surface area contributed by atoms with Gasteiger partial charge in [0.25, 0.3) is 0 Å². The van der Waals surface area contributed by atoms with Crippen molar-refractivity contribution >= 4 is 60.7 Å². The van der Waals surface area contributed by atoms with Crippen LogP contribution in [0.15, 0.2) is 144 Å². The number of allylic oxidation sites excluding steroid dienone is 1. The number of aryl methyl sites for hydroxylation is 1. The molecular formula is C42H28N2O. The van der Waals surface area contributed by atoms with Gasteiger partial charge in [-0.15, -0.1) is 0 Å². The highest BCUT2D eigenvalue weighted by Gasteiger charge is 2.21. The number of rotatable bonds is 3. The Morgan fingerprint density at radius 3 is 1.82 bits per heavy atom. The van der Waals surface area contributed by atoms with Gasteiger partial charge < -0.3 is 13.6 Å². The first-order valence-electron chi connectivity index (χ1n) is 15.7. The van der Waals surface area contributed by atoms with Gasteiger partial charge >= 0.3 is 0 Å². The largest absolute Gasteiger partial charge is 0.454 e. The topological polar surface area (TPSA) is 23.0 Å². The zero-order valence-corrected chi connectivity index (χ0v) is 24.6. The Hall–Kier alpha value is -5.80. The third kappa shape index (κ3) is 3.52. The van der Waals surface area contributed by atoms with E-state index < -0.39 is 0 Å². The lowest BCUT2D eigenvalue weighted by molar-refractivity contribution is 0.594. The molecule has 0 radical (unpaired) electrons. The van der Waals surface area contributed by atoms with Crippen molar-refractivity contribution < 1.29 is 4.42 Å². The van der Waals surface area contributed by atoms with E-state index in [4.69, 9.17) is 4.42 Å². The zero-order valence-electron chi connectivity index (χ0n) is 24.6. The zero-order chi connectivity index (χ0) is 29.5. The Labute approximate surface area is 259 Å². The molecule has 1 aliphatic rings. The van der Waals surface area contributed by atoms with Crippen molar-refractivity contribution in [1.29, 1.82) is 0 Å². The number of furan rings is 1. The Balaban J connectivity index is 1.19. The van der Waals surface area contributed by atoms with Gasteiger partial charge in [0.15, 0.2) is 5.58 Å². The molecule has 45 heavy (non-hydrogen) atoms. The van der Waals surface area contributed by atoms with E-state index in [-0.39, 0.29) is 0 Å². The summed E-state index contributed by atoms with van der Waals surface area (Å²) in [6.45, 7) is 0. The van der Waals surface area contributed by atoms with Crippen LogP contribution in [0.3, 0.4) is 0 Å². The van der Waals surface area contributed by atoms with Crippen LogP contribution in [0.5, 0.6) is 0 Å². The van der Waals surface area contributed by atoms with E-state index in [0.29, 0.717) is 0 Å². The Bertz CT molecular complexity index is 2650. The maximum atomic E-state index is 6.54. The van der Waals surface area contributed by atoms with Crippen LogP contribution < -0.4 is 0 Å². The first-order chi connectivity index (χ1) is 22.3. The fraction of sp³-hybridized carbons (Fsp3) is 0.0476. The van der Waals surface area contributed by atoms with Crippen LogP contribution in [0.4, 0.5) is 0 Å². The molecule has 0 bridgehead atoms. The Kier molecular flexibility index (Phi) is 5.11. The molecule has 3 aromatic heterocycles. The van der Waals surface area contributed by atoms with Crippen molar-refractivity contribution in [3.8, 4) is 22.5 Å². The van der Waals surface area contributed by atoms with Crippen molar-refractivity contribution in [2.75, 3.05) is 0 Å². The molecule has 3 heterocycles. The van der Waals surface area contributed by atoms with Crippen LogP contribution >= 0.6 is 0 Å². The molecule has 0 atom stereocenters. The smallest absolute Gasteiger partial charge is 0.159 e. The Morgan fingerprint density at radius 2 is 1.09 bits per heavy atom. The van der Waals surface area contributed by atoms with Crippen molar-refractivity contribution in [3.05, 3.63) is 151 Å². The van der Waals surface area contributed by atoms with E-state index in [1.807, 2.05) is 0 Å². The molecule has 212 valence electrons. The van der Waals surface area contributed by atoms with Crippen LogP contribution in [0, 0.1) is 0 Å². The fourth-order valence-electron chi connectivity index (χ4n) is 7.58. The molecule has 0 saturated heterocycles. The molecule has 6 aromatic carbocycles. The molecule has 3 heteroatoms. The van der Waals surface area contributed by atoms with E-state index >= 15 is 0 Å². The van der Waals surface area contributed by atoms with Crippen LogP contribution in [0.1, 0.15) is 17.7 Å². The molecule has 3 nitrogen and oxygen atoms in total. The normalized spacial score (nSPS) is 13.1. The third-order valence-electron chi connectivity index (χ3n) is 9.59. The van der Waals surface area contributed by atoms with Crippen molar-refractivity contribution in [3.63, 3.8) is 0 Å². The van der Waals surface area contributed by atoms with Gasteiger partial charge in [-0.1, -0.05) is 84.9 Å². The van der Waals surface area contributed by atoms with Gasteiger partial charge in [0.2, 0.25) is 0 Å². The van der Waals surface area contributed by atoms with Gasteiger partial charge in [-0.2, -0.15) is 0 Å². The fourth-order valence-corrected chi connectivity index (χ4v) is 7.58. The van der Waals surface area contributed by atoms with Crippen LogP contribution in [-0.2, 0) is 6.42 Å². The second-order valence-electron chi connectivity index (χ2n) is 12.0. The number of benzene rings is 6. The number of fused-ring (bicyclic) bond motifs is 9. The van der Waals surface area contributed by atoms with Crippen molar-refractivity contribution in [2.45, 2.75) is 12.8 Å². The lowest BCUT2D eigenvalue weighted by atomic mass is 10.0. The highest BCUT2D eigenvalue weighted by Crippen LogP contribution is 2.41. The summed E-state index contributed by atoms with van der Waals surface area (Å²) >= 11 is 0. The summed E-state index contributed by atoms with van der Waals surface area (Å²) in [4.78, 5) is 0. The average Bonchev–Trinajstić information content (AvgIpc) is 3.76. The molecule has 1 aliphatic carbocycles. The van der Waals surface area contributed by atoms with Crippen molar-refractivity contribution in [2.24, 2.45) is 0 Å². The predicted molar refractivity (Wildman–Crippen MR) is 188 cm³/mol. The van der Waals surface area contributed by atoms with Gasteiger partial charge in [-0.25, -0.2) is 0 Å². The predicted octanol–water partition coefficient (Wildman–Crippen LogP) is 11.3. The van der Waals surface area contributed by atoms with Crippen molar-refractivity contribution in [1.82, 2.24) is 9.13 Å². The first-order valence-corrected chi connectivity index (χ1v) is 15.7. The minimum Gasteiger partial charge on any atom is -0.454 e. The molecule has 0 saturated carbocycles. The summed E-state index contributed by atoms with van der Waals surface area (Å²) in [7, 11) is 0. The van der Waals surface area contributed by atoms with E-state index in [0.717, 1.165) is 29.9 Å². The molecule has 0 N–H and O–H groups in total. The van der Waals surface area contributed by atoms with Gasteiger partial charge in [-0.05, 0) is 84.6 Å². The molecule has 0 unspecified atom stereocenters. The summed E-state index contributed by atoms with van der Waals surface area (Å²) in [6.07, 6.45) is 6.42. The summed E-state index contributed by atoms with van der Waals surface area (Å²) in [6, 6.07) is 48.5. The van der Waals surface area contributed by atoms with E-state index in [1.54, 1.807) is 0 Å². The number of para-hydroxylation sites is 4. The summed E-state index contributed by atoms with van der Waals surface area (Å²) < 4.78 is 11.3. The Morgan fingerprint density at radius 1 is 0.489 bits per heavy atom. The molecule has 0 amide bonds. The first kappa shape index (κ1) is 24.6. The van der Waals surface area contributed by atoms with Gasteiger partial charge in [-0.3, -0.25) is 0 Å². The average molecular weight is 577 g/mol. The molecular weight excluding hydrogens is 548 g/mol. The monoisotopic (exact) mass is 576 g/mol. The SMILES string of the molecule is C1=Cc2oc3c(-n4c5ccccc5c5cc(-c6ccc7c(c6)c6ccccc6n7-c6ccccc6)ccc54)cccc3c2CC1. The molecule has 0 fully saturated rings. The molecule has 10 rings (SSSR count). The van der Waals surface area contributed by atoms with Gasteiger partial charge in [0, 0.05) is 38.2 Å². The van der Waals surface area contributed by atoms with E-state index in [9.17, 15) is 0 Å². The highest BCUT2D eigenvalue weighted by atomic mass is 16.3. The third-order valence-corrected chi connectivity index (χ3v) is 9.59. The number of nitrogens with zero attached hydrogens (tertiary/aromatic N) is 2. The second-order valence-corrected chi connectivity index (χ2v) is 12.0. The lowest BCUT2D eigenvalue weighted by Gasteiger charge is -2.10. The van der Waals surface area contributed by atoms with Crippen LogP contribution in [0.2, 0.25) is 0 Å². The minimum absolute atomic E-state index is 0.959. The quantitative estimate of drug-likeness (QED) is 0.205. The van der Waals surface area contributed by atoms with Gasteiger partial charge in [0.1, 0.15) is 5.76 Å². The molecule has 0 aliphatic heterocycles. The van der Waals surface area contributed by atoms with Crippen LogP contribution in [-0.4, -0.2) is 9.13 Å². The van der Waals surface area contributed by atoms with Crippen LogP contribution in [0.25, 0.3) is 83.2 Å². The number of hydrogen-bond acceptors (Lipinski definition) is 1. The summed E-state index contributed by atoms with van der Waals surface area (Å²) in [5, 5.41) is 6.22. The van der Waals surface area contributed by atoms with E-state index in [1.165, 1.54) is 71.4 Å². The highest BCUT2D eigenvalue weighted by molar-refractivity contribution is 6.13. The maximum Gasteiger partial charge on any atom is 0.159 e. The maximum absolute atomic E-state index is 6.54. The standard InChI is InChI=1S/C42H28N2O/c1-2-11-29(12-3-1)43-36-17-7-4-13-30(36)34-25-27(21-23-38(34)43)28-22-24-39-35(26-28)31-14-5-8-18-37(31)44(39)40-19-10-16-33-32-15-6-9-20-41(32)45-42(33)40/h1-5,7-14,16-26H,6,15H2. The van der Waals surface area contributed by atoms with Gasteiger partial charge in [0.05, 0.1) is 27.8 Å². The molecule has 0 spiro atoms. The summed E-state index contributed by atoms with van der Waals surface area (Å²) in [5.41, 5.74) is 11.8. The number of aromatic nitrogens is 2. The minimum atomic E-state index is 0.959. The summed E-state index contributed by atoms with van der Waals surface area (Å²) in [5.74, 6) is 0.996. The lowest BCUT2D eigenvalue weighted by Crippen LogP contribution is -1.94. The number of hydrogen-bond donors (Lipinski definition) is 0. The second kappa shape index (κ2) is 9.35. The molecule has 9 aromatic rings.